The standard InChI is InChI=1S/C23H23F3N4O/c24-23(25,26)21-13-20(18-7-4-12-27-15-18)29-30(21)19-10-8-17(9-11-19)22(31)28-14-16-5-2-1-3-6-16/h4,7-13,15-16H,1-3,5-6,14H2,(H,28,31). The lowest BCUT2D eigenvalue weighted by Gasteiger charge is -2.21. The summed E-state index contributed by atoms with van der Waals surface area (Å²) in [6.45, 7) is 0.631. The van der Waals surface area contributed by atoms with Crippen LogP contribution in [0.2, 0.25) is 0 Å². The summed E-state index contributed by atoms with van der Waals surface area (Å²) in [5.74, 6) is 0.283. The molecule has 2 heterocycles. The summed E-state index contributed by atoms with van der Waals surface area (Å²) in [5, 5.41) is 7.09. The number of nitrogens with zero attached hydrogens (tertiary/aromatic N) is 3. The van der Waals surface area contributed by atoms with Crippen molar-refractivity contribution in [1.82, 2.24) is 20.1 Å². The van der Waals surface area contributed by atoms with Gasteiger partial charge in [0.2, 0.25) is 0 Å². The molecule has 0 aliphatic heterocycles. The van der Waals surface area contributed by atoms with Crippen LogP contribution in [0.1, 0.15) is 48.2 Å². The van der Waals surface area contributed by atoms with Crippen LogP contribution in [0.25, 0.3) is 16.9 Å². The number of benzene rings is 1. The summed E-state index contributed by atoms with van der Waals surface area (Å²) in [7, 11) is 0. The van der Waals surface area contributed by atoms with Crippen LogP contribution in [-0.2, 0) is 6.18 Å². The van der Waals surface area contributed by atoms with Gasteiger partial charge in [-0.3, -0.25) is 9.78 Å². The first-order valence-electron chi connectivity index (χ1n) is 10.4. The van der Waals surface area contributed by atoms with Gasteiger partial charge < -0.3 is 5.32 Å². The van der Waals surface area contributed by atoms with E-state index in [1.54, 1.807) is 18.3 Å². The van der Waals surface area contributed by atoms with Gasteiger partial charge in [-0.2, -0.15) is 18.3 Å². The molecule has 1 aliphatic carbocycles. The number of amides is 1. The van der Waals surface area contributed by atoms with Crippen molar-refractivity contribution in [3.05, 3.63) is 66.1 Å². The normalized spacial score (nSPS) is 15.1. The van der Waals surface area contributed by atoms with E-state index in [0.29, 0.717) is 23.6 Å². The van der Waals surface area contributed by atoms with Crippen LogP contribution in [0.15, 0.2) is 54.9 Å². The second kappa shape index (κ2) is 8.91. The quantitative estimate of drug-likeness (QED) is 0.603. The number of pyridine rings is 1. The Hall–Kier alpha value is -3.16. The number of nitrogens with one attached hydrogen (secondary N) is 1. The van der Waals surface area contributed by atoms with E-state index >= 15 is 0 Å². The lowest BCUT2D eigenvalue weighted by molar-refractivity contribution is -0.142. The second-order valence-corrected chi connectivity index (χ2v) is 7.83. The average Bonchev–Trinajstić information content (AvgIpc) is 3.25. The highest BCUT2D eigenvalue weighted by Gasteiger charge is 2.36. The van der Waals surface area contributed by atoms with Crippen molar-refractivity contribution in [2.24, 2.45) is 5.92 Å². The molecule has 0 spiro atoms. The maximum Gasteiger partial charge on any atom is 0.433 e. The molecule has 0 bridgehead atoms. The van der Waals surface area contributed by atoms with Crippen LogP contribution < -0.4 is 5.32 Å². The Morgan fingerprint density at radius 1 is 1.10 bits per heavy atom. The minimum absolute atomic E-state index is 0.176. The zero-order chi connectivity index (χ0) is 21.8. The first kappa shape index (κ1) is 21.1. The number of hydrogen-bond donors (Lipinski definition) is 1. The Bertz CT molecular complexity index is 1020. The van der Waals surface area contributed by atoms with Crippen LogP contribution in [0.3, 0.4) is 0 Å². The maximum absolute atomic E-state index is 13.6. The Kier molecular flexibility index (Phi) is 6.06. The number of halogens is 3. The number of carbonyl (C=O) groups is 1. The zero-order valence-electron chi connectivity index (χ0n) is 16.9. The summed E-state index contributed by atoms with van der Waals surface area (Å²) in [6, 6.07) is 10.3. The second-order valence-electron chi connectivity index (χ2n) is 7.83. The Labute approximate surface area is 178 Å². The van der Waals surface area contributed by atoms with E-state index in [1.165, 1.54) is 49.7 Å². The Morgan fingerprint density at radius 3 is 2.48 bits per heavy atom. The predicted molar refractivity (Wildman–Crippen MR) is 111 cm³/mol. The molecule has 2 aromatic heterocycles. The molecule has 5 nitrogen and oxygen atoms in total. The highest BCUT2D eigenvalue weighted by molar-refractivity contribution is 5.94. The van der Waals surface area contributed by atoms with Crippen LogP contribution >= 0.6 is 0 Å². The summed E-state index contributed by atoms with van der Waals surface area (Å²) in [5.41, 5.74) is 0.417. The van der Waals surface area contributed by atoms with Crippen molar-refractivity contribution in [2.75, 3.05) is 6.54 Å². The molecule has 162 valence electrons. The molecular formula is C23H23F3N4O. The summed E-state index contributed by atoms with van der Waals surface area (Å²) >= 11 is 0. The van der Waals surface area contributed by atoms with Crippen molar-refractivity contribution in [3.63, 3.8) is 0 Å². The molecule has 1 amide bonds. The lowest BCUT2D eigenvalue weighted by atomic mass is 9.89. The van der Waals surface area contributed by atoms with Gasteiger partial charge in [0, 0.05) is 30.1 Å². The molecule has 1 N–H and O–H groups in total. The SMILES string of the molecule is O=C(NCC1CCCCC1)c1ccc(-n2nc(-c3cccnc3)cc2C(F)(F)F)cc1. The Morgan fingerprint density at radius 2 is 1.84 bits per heavy atom. The van der Waals surface area contributed by atoms with E-state index < -0.39 is 11.9 Å². The first-order valence-corrected chi connectivity index (χ1v) is 10.4. The molecule has 0 atom stereocenters. The monoisotopic (exact) mass is 428 g/mol. The number of rotatable bonds is 5. The number of carbonyl (C=O) groups excluding carboxylic acids is 1. The van der Waals surface area contributed by atoms with Gasteiger partial charge in [-0.1, -0.05) is 19.3 Å². The highest BCUT2D eigenvalue weighted by Crippen LogP contribution is 2.34. The fourth-order valence-electron chi connectivity index (χ4n) is 3.92. The van der Waals surface area contributed by atoms with Crippen LogP contribution in [-0.4, -0.2) is 27.2 Å². The van der Waals surface area contributed by atoms with Gasteiger partial charge in [0.25, 0.3) is 5.91 Å². The van der Waals surface area contributed by atoms with Crippen molar-refractivity contribution < 1.29 is 18.0 Å². The fourth-order valence-corrected chi connectivity index (χ4v) is 3.92. The van der Waals surface area contributed by atoms with E-state index in [9.17, 15) is 18.0 Å². The molecule has 1 aromatic carbocycles. The topological polar surface area (TPSA) is 59.8 Å². The van der Waals surface area contributed by atoms with E-state index in [0.717, 1.165) is 23.6 Å². The van der Waals surface area contributed by atoms with E-state index in [2.05, 4.69) is 15.4 Å². The van der Waals surface area contributed by atoms with E-state index in [1.807, 2.05) is 0 Å². The molecule has 0 unspecified atom stereocenters. The number of aromatic nitrogens is 3. The molecular weight excluding hydrogens is 405 g/mol. The molecule has 3 aromatic rings. The first-order chi connectivity index (χ1) is 14.9. The predicted octanol–water partition coefficient (Wildman–Crippen LogP) is 5.26. The molecule has 0 radical (unpaired) electrons. The van der Waals surface area contributed by atoms with Crippen LogP contribution in [0.4, 0.5) is 13.2 Å². The lowest BCUT2D eigenvalue weighted by Crippen LogP contribution is -2.30. The van der Waals surface area contributed by atoms with E-state index in [-0.39, 0.29) is 17.3 Å². The van der Waals surface area contributed by atoms with Crippen molar-refractivity contribution >= 4 is 5.91 Å². The zero-order valence-corrected chi connectivity index (χ0v) is 16.9. The van der Waals surface area contributed by atoms with Crippen molar-refractivity contribution in [1.29, 1.82) is 0 Å². The minimum Gasteiger partial charge on any atom is -0.352 e. The maximum atomic E-state index is 13.6. The molecule has 1 saturated carbocycles. The van der Waals surface area contributed by atoms with Crippen LogP contribution in [0, 0.1) is 5.92 Å². The fraction of sp³-hybridized carbons (Fsp3) is 0.348. The van der Waals surface area contributed by atoms with Crippen LogP contribution in [0.5, 0.6) is 0 Å². The van der Waals surface area contributed by atoms with Gasteiger partial charge in [-0.15, -0.1) is 0 Å². The van der Waals surface area contributed by atoms with Gasteiger partial charge in [-0.25, -0.2) is 4.68 Å². The molecule has 1 aliphatic rings. The summed E-state index contributed by atoms with van der Waals surface area (Å²) in [6.07, 6.45) is 4.32. The van der Waals surface area contributed by atoms with E-state index in [4.69, 9.17) is 0 Å². The number of hydrogen-bond acceptors (Lipinski definition) is 3. The Balaban J connectivity index is 1.54. The molecule has 31 heavy (non-hydrogen) atoms. The minimum atomic E-state index is -4.58. The average molecular weight is 428 g/mol. The van der Waals surface area contributed by atoms with Gasteiger partial charge in [0.15, 0.2) is 0 Å². The van der Waals surface area contributed by atoms with Gasteiger partial charge in [0.1, 0.15) is 5.69 Å². The largest absolute Gasteiger partial charge is 0.433 e. The molecule has 8 heteroatoms. The summed E-state index contributed by atoms with van der Waals surface area (Å²) in [4.78, 5) is 16.4. The van der Waals surface area contributed by atoms with Gasteiger partial charge >= 0.3 is 6.18 Å². The summed E-state index contributed by atoms with van der Waals surface area (Å²) < 4.78 is 41.7. The molecule has 0 saturated heterocycles. The third-order valence-electron chi connectivity index (χ3n) is 5.61. The highest BCUT2D eigenvalue weighted by atomic mass is 19.4. The van der Waals surface area contributed by atoms with Crippen molar-refractivity contribution in [3.8, 4) is 16.9 Å². The number of alkyl halides is 3. The third kappa shape index (κ3) is 4.95. The van der Waals surface area contributed by atoms with Crippen molar-refractivity contribution in [2.45, 2.75) is 38.3 Å². The van der Waals surface area contributed by atoms with Gasteiger partial charge in [0.05, 0.1) is 11.4 Å². The molecule has 4 rings (SSSR count). The molecule has 1 fully saturated rings. The smallest absolute Gasteiger partial charge is 0.352 e. The van der Waals surface area contributed by atoms with Gasteiger partial charge in [-0.05, 0) is 61.2 Å². The third-order valence-corrected chi connectivity index (χ3v) is 5.61.